The molecule has 35 heavy (non-hydrogen) atoms. The Balaban J connectivity index is -0.000000442. The lowest BCUT2D eigenvalue weighted by Crippen LogP contribution is -2.06. The number of carbonyl (C=O) groups is 2. The molecule has 0 bridgehead atoms. The summed E-state index contributed by atoms with van der Waals surface area (Å²) in [7, 11) is 0. The van der Waals surface area contributed by atoms with Crippen LogP contribution in [-0.2, 0) is 9.59 Å². The molecule has 0 N–H and O–H groups in total. The first-order chi connectivity index (χ1) is 16.8. The Morgan fingerprint density at radius 1 is 0.914 bits per heavy atom. The third-order valence-corrected chi connectivity index (χ3v) is 4.50. The minimum Gasteiger partial charge on any atom is -0.303 e. The van der Waals surface area contributed by atoms with Gasteiger partial charge in [-0.1, -0.05) is 132 Å². The van der Waals surface area contributed by atoms with Crippen LogP contribution < -0.4 is 0 Å². The number of aldehydes is 1. The van der Waals surface area contributed by atoms with Gasteiger partial charge >= 0.3 is 0 Å². The predicted octanol–water partition coefficient (Wildman–Crippen LogP) is 9.93. The predicted molar refractivity (Wildman–Crippen MR) is 159 cm³/mol. The number of hydrogen-bond acceptors (Lipinski definition) is 2. The second kappa shape index (κ2) is 25.4. The molecular weight excluding hydrogens is 428 g/mol. The summed E-state index contributed by atoms with van der Waals surface area (Å²) < 4.78 is 0. The quantitative estimate of drug-likeness (QED) is 0.226. The van der Waals surface area contributed by atoms with Crippen LogP contribution in [0.15, 0.2) is 97.6 Å². The van der Waals surface area contributed by atoms with Crippen molar-refractivity contribution < 1.29 is 9.59 Å². The van der Waals surface area contributed by atoms with Crippen LogP contribution in [0, 0.1) is 5.92 Å². The molecule has 0 fully saturated rings. The van der Waals surface area contributed by atoms with Crippen molar-refractivity contribution in [2.45, 2.75) is 68.7 Å². The number of rotatable bonds is 7. The maximum Gasteiger partial charge on any atom is 0.139 e. The number of Topliss-reactive ketones (excluding diaryl/α,β-unsaturated/α-hetero) is 1. The van der Waals surface area contributed by atoms with Gasteiger partial charge in [0, 0.05) is 0 Å². The van der Waals surface area contributed by atoms with Gasteiger partial charge in [0.1, 0.15) is 12.1 Å². The first-order valence-corrected chi connectivity index (χ1v) is 12.5. The molecule has 0 amide bonds. The fourth-order valence-electron chi connectivity index (χ4n) is 2.22. The second-order valence-electron chi connectivity index (χ2n) is 7.08. The molecule has 0 saturated heterocycles. The van der Waals surface area contributed by atoms with Crippen LogP contribution in [0.1, 0.15) is 74.3 Å². The largest absolute Gasteiger partial charge is 0.303 e. The van der Waals surface area contributed by atoms with Gasteiger partial charge in [0.15, 0.2) is 0 Å². The number of hydrogen-bond donors (Lipinski definition) is 0. The highest BCUT2D eigenvalue weighted by molar-refractivity contribution is 5.90. The first kappa shape index (κ1) is 36.3. The Hall–Kier alpha value is -3.26. The molecule has 0 radical (unpaired) electrons. The van der Waals surface area contributed by atoms with E-state index in [9.17, 15) is 9.59 Å². The molecule has 0 spiro atoms. The van der Waals surface area contributed by atoms with Crippen LogP contribution in [-0.4, -0.2) is 12.1 Å². The van der Waals surface area contributed by atoms with Crippen LogP contribution in [0.25, 0.3) is 16.7 Å². The lowest BCUT2D eigenvalue weighted by atomic mass is 10.0. The van der Waals surface area contributed by atoms with Crippen molar-refractivity contribution in [2.24, 2.45) is 5.92 Å². The summed E-state index contributed by atoms with van der Waals surface area (Å²) in [6.07, 6.45) is 9.71. The summed E-state index contributed by atoms with van der Waals surface area (Å²) in [4.78, 5) is 19.9. The van der Waals surface area contributed by atoms with Gasteiger partial charge < -0.3 is 4.79 Å². The molecule has 0 saturated carbocycles. The average molecular weight is 477 g/mol. The number of benzene rings is 2. The molecule has 1 atom stereocenters. The zero-order valence-corrected chi connectivity index (χ0v) is 23.6. The van der Waals surface area contributed by atoms with Crippen molar-refractivity contribution in [1.29, 1.82) is 0 Å². The minimum absolute atomic E-state index is 0.0741. The van der Waals surface area contributed by atoms with Gasteiger partial charge in [-0.3, -0.25) is 4.79 Å². The Morgan fingerprint density at radius 2 is 1.40 bits per heavy atom. The molecule has 2 nitrogen and oxygen atoms in total. The van der Waals surface area contributed by atoms with E-state index in [1.807, 2.05) is 65.8 Å². The van der Waals surface area contributed by atoms with E-state index in [1.54, 1.807) is 6.92 Å². The van der Waals surface area contributed by atoms with E-state index in [-0.39, 0.29) is 5.78 Å². The zero-order chi connectivity index (χ0) is 27.6. The minimum atomic E-state index is -0.417. The molecule has 2 aromatic carbocycles. The van der Waals surface area contributed by atoms with Gasteiger partial charge in [0.05, 0.1) is 5.92 Å². The van der Waals surface area contributed by atoms with Gasteiger partial charge in [0.2, 0.25) is 0 Å². The molecular formula is C33H48O2. The van der Waals surface area contributed by atoms with Crippen LogP contribution in [0.3, 0.4) is 0 Å². The smallest absolute Gasteiger partial charge is 0.139 e. The van der Waals surface area contributed by atoms with Gasteiger partial charge in [-0.2, -0.15) is 0 Å². The normalized spacial score (nSPS) is 10.4. The van der Waals surface area contributed by atoms with E-state index in [1.165, 1.54) is 29.2 Å². The molecule has 0 aromatic heterocycles. The maximum atomic E-state index is 10.1. The van der Waals surface area contributed by atoms with Crippen molar-refractivity contribution in [3.63, 3.8) is 0 Å². The summed E-state index contributed by atoms with van der Waals surface area (Å²) in [5.74, 6) is -0.491. The summed E-state index contributed by atoms with van der Waals surface area (Å²) in [5.41, 5.74) is 6.10. The molecule has 2 heteroatoms. The first-order valence-electron chi connectivity index (χ1n) is 12.5. The van der Waals surface area contributed by atoms with Gasteiger partial charge in [0.25, 0.3) is 0 Å². The van der Waals surface area contributed by atoms with E-state index in [0.717, 1.165) is 12.0 Å². The van der Waals surface area contributed by atoms with Crippen molar-refractivity contribution in [3.8, 4) is 11.1 Å². The van der Waals surface area contributed by atoms with Crippen molar-refractivity contribution in [1.82, 2.24) is 0 Å². The van der Waals surface area contributed by atoms with Gasteiger partial charge in [-0.05, 0) is 56.4 Å². The van der Waals surface area contributed by atoms with Crippen molar-refractivity contribution >= 4 is 17.6 Å². The highest BCUT2D eigenvalue weighted by Gasteiger charge is 2.02. The topological polar surface area (TPSA) is 34.1 Å². The van der Waals surface area contributed by atoms with Gasteiger partial charge in [-0.15, -0.1) is 0 Å². The van der Waals surface area contributed by atoms with Crippen LogP contribution in [0.2, 0.25) is 0 Å². The molecule has 2 aromatic rings. The Bertz CT molecular complexity index is 869. The molecule has 192 valence electrons. The molecule has 1 unspecified atom stereocenters. The number of ketones is 1. The molecule has 0 aliphatic heterocycles. The standard InChI is InChI=1S/C15H14.C9H14.C5H8O2.2C2H6/c1-12(2)13-8-10-15(11-9-13)14-6-4-3-5-7-14;1-4-7-8-9(5-2)6-3;1-4(3-6)5(2)7;2*1-2/h3-11H,1H2,2H3;4-5,7-8H,2,6H2,1,3H3;3-4H,1-2H3;2*1-2H3/b;7-4-,9-8+;;;. The molecule has 0 aliphatic rings. The van der Waals surface area contributed by atoms with E-state index in [0.29, 0.717) is 6.29 Å². The SMILES string of the molecule is C=C(C)c1ccc(-c2ccccc2)cc1.C=C/C(=C\C=C/C)CC.CC.CC.CC(=O)C(C)C=O. The number of carbonyl (C=O) groups excluding carboxylic acids is 2. The van der Waals surface area contributed by atoms with Crippen LogP contribution in [0.5, 0.6) is 0 Å². The van der Waals surface area contributed by atoms with Crippen molar-refractivity contribution in [2.75, 3.05) is 0 Å². The van der Waals surface area contributed by atoms with E-state index < -0.39 is 5.92 Å². The Labute approximate surface area is 216 Å². The maximum absolute atomic E-state index is 10.1. The highest BCUT2D eigenvalue weighted by atomic mass is 16.1. The third kappa shape index (κ3) is 18.8. The van der Waals surface area contributed by atoms with Crippen LogP contribution in [0.4, 0.5) is 0 Å². The van der Waals surface area contributed by atoms with Crippen LogP contribution >= 0.6 is 0 Å². The molecule has 0 heterocycles. The fourth-order valence-corrected chi connectivity index (χ4v) is 2.22. The van der Waals surface area contributed by atoms with E-state index in [2.05, 4.69) is 74.7 Å². The zero-order valence-electron chi connectivity index (χ0n) is 23.6. The third-order valence-electron chi connectivity index (χ3n) is 4.50. The lowest BCUT2D eigenvalue weighted by Gasteiger charge is -2.03. The Morgan fingerprint density at radius 3 is 1.71 bits per heavy atom. The van der Waals surface area contributed by atoms with Crippen molar-refractivity contribution in [3.05, 3.63) is 103 Å². The van der Waals surface area contributed by atoms with E-state index in [4.69, 9.17) is 0 Å². The number of allylic oxidation sites excluding steroid dienone is 6. The molecule has 2 rings (SSSR count). The summed E-state index contributed by atoms with van der Waals surface area (Å²) in [6, 6.07) is 18.9. The summed E-state index contributed by atoms with van der Waals surface area (Å²) in [5, 5.41) is 0. The fraction of sp³-hybridized carbons (Fsp3) is 0.333. The summed E-state index contributed by atoms with van der Waals surface area (Å²) in [6.45, 7) is 24.7. The monoisotopic (exact) mass is 476 g/mol. The summed E-state index contributed by atoms with van der Waals surface area (Å²) >= 11 is 0. The van der Waals surface area contributed by atoms with Gasteiger partial charge in [-0.25, -0.2) is 0 Å². The van der Waals surface area contributed by atoms with E-state index >= 15 is 0 Å². The lowest BCUT2D eigenvalue weighted by molar-refractivity contribution is -0.125. The average Bonchev–Trinajstić information content (AvgIpc) is 2.92. The highest BCUT2D eigenvalue weighted by Crippen LogP contribution is 2.21. The second-order valence-corrected chi connectivity index (χ2v) is 7.08. The molecule has 0 aliphatic carbocycles. The Kier molecular flexibility index (Phi) is 26.3.